The van der Waals surface area contributed by atoms with E-state index in [1.807, 2.05) is 12.1 Å². The van der Waals surface area contributed by atoms with Gasteiger partial charge in [0.1, 0.15) is 5.75 Å². The van der Waals surface area contributed by atoms with E-state index in [1.54, 1.807) is 0 Å². The number of nitrogens with one attached hydrogen (secondary N) is 1. The summed E-state index contributed by atoms with van der Waals surface area (Å²) in [4.78, 5) is 0. The molecule has 0 aliphatic carbocycles. The zero-order chi connectivity index (χ0) is 11.8. The second-order valence-electron chi connectivity index (χ2n) is 3.82. The smallest absolute Gasteiger partial charge is 0.119 e. The van der Waals surface area contributed by atoms with Gasteiger partial charge < -0.3 is 10.1 Å². The number of rotatable bonds is 7. The Kier molecular flexibility index (Phi) is 6.50. The maximum absolute atomic E-state index is 5.67. The lowest BCUT2D eigenvalue weighted by Crippen LogP contribution is -2.14. The summed E-state index contributed by atoms with van der Waals surface area (Å²) >= 11 is 3.48. The average Bonchev–Trinajstić information content (AvgIpc) is 2.28. The molecule has 16 heavy (non-hydrogen) atoms. The van der Waals surface area contributed by atoms with Crippen LogP contribution in [0.25, 0.3) is 0 Å². The van der Waals surface area contributed by atoms with E-state index in [9.17, 15) is 0 Å². The molecule has 0 atom stereocenters. The summed E-state index contributed by atoms with van der Waals surface area (Å²) < 4.78 is 6.80. The zero-order valence-corrected chi connectivity index (χ0v) is 11.6. The largest absolute Gasteiger partial charge is 0.494 e. The first kappa shape index (κ1) is 13.5. The van der Waals surface area contributed by atoms with E-state index in [4.69, 9.17) is 4.74 Å². The molecule has 0 radical (unpaired) electrons. The zero-order valence-electron chi connectivity index (χ0n) is 10.1. The summed E-state index contributed by atoms with van der Waals surface area (Å²) in [6.45, 7) is 7.13. The van der Waals surface area contributed by atoms with Gasteiger partial charge in [-0.15, -0.1) is 0 Å². The summed E-state index contributed by atoms with van der Waals surface area (Å²) in [6, 6.07) is 6.10. The van der Waals surface area contributed by atoms with Gasteiger partial charge in [0.2, 0.25) is 0 Å². The van der Waals surface area contributed by atoms with Crippen LogP contribution in [0, 0.1) is 6.92 Å². The van der Waals surface area contributed by atoms with Crippen molar-refractivity contribution in [3.63, 3.8) is 0 Å². The van der Waals surface area contributed by atoms with E-state index in [-0.39, 0.29) is 0 Å². The molecular weight excluding hydrogens is 266 g/mol. The standard InChI is InChI=1S/C13H20BrNO/c1-3-15-8-4-5-9-16-12-6-7-13(14)11(2)10-12/h6-7,10,15H,3-5,8-9H2,1-2H3. The van der Waals surface area contributed by atoms with Crippen LogP contribution >= 0.6 is 15.9 Å². The van der Waals surface area contributed by atoms with Gasteiger partial charge in [0.15, 0.2) is 0 Å². The highest BCUT2D eigenvalue weighted by Gasteiger charge is 1.97. The number of halogens is 1. The summed E-state index contributed by atoms with van der Waals surface area (Å²) in [5.41, 5.74) is 1.21. The van der Waals surface area contributed by atoms with Crippen molar-refractivity contribution in [1.82, 2.24) is 5.32 Å². The summed E-state index contributed by atoms with van der Waals surface area (Å²) in [6.07, 6.45) is 2.27. The van der Waals surface area contributed by atoms with E-state index in [1.165, 1.54) is 12.0 Å². The number of aryl methyl sites for hydroxylation is 1. The topological polar surface area (TPSA) is 21.3 Å². The van der Waals surface area contributed by atoms with Crippen LogP contribution in [-0.2, 0) is 0 Å². The Hall–Kier alpha value is -0.540. The van der Waals surface area contributed by atoms with E-state index >= 15 is 0 Å². The summed E-state index contributed by atoms with van der Waals surface area (Å²) in [5.74, 6) is 0.962. The van der Waals surface area contributed by atoms with Crippen LogP contribution < -0.4 is 10.1 Å². The molecule has 90 valence electrons. The molecule has 0 fully saturated rings. The van der Waals surface area contributed by atoms with E-state index in [0.717, 1.165) is 36.3 Å². The Labute approximate surface area is 107 Å². The third-order valence-electron chi connectivity index (χ3n) is 2.40. The van der Waals surface area contributed by atoms with Gasteiger partial charge >= 0.3 is 0 Å². The lowest BCUT2D eigenvalue weighted by Gasteiger charge is -2.07. The predicted octanol–water partition coefficient (Wildman–Crippen LogP) is 3.53. The number of unbranched alkanes of at least 4 members (excludes halogenated alkanes) is 1. The third-order valence-corrected chi connectivity index (χ3v) is 3.29. The molecule has 0 saturated heterocycles. The van der Waals surface area contributed by atoms with Gasteiger partial charge in [0.25, 0.3) is 0 Å². The molecule has 1 aromatic rings. The molecule has 0 unspecified atom stereocenters. The van der Waals surface area contributed by atoms with E-state index in [0.29, 0.717) is 0 Å². The van der Waals surface area contributed by atoms with E-state index < -0.39 is 0 Å². The monoisotopic (exact) mass is 285 g/mol. The maximum atomic E-state index is 5.67. The average molecular weight is 286 g/mol. The molecule has 0 heterocycles. The second kappa shape index (κ2) is 7.69. The van der Waals surface area contributed by atoms with Crippen molar-refractivity contribution < 1.29 is 4.74 Å². The van der Waals surface area contributed by atoms with Crippen molar-refractivity contribution in [2.24, 2.45) is 0 Å². The van der Waals surface area contributed by atoms with Crippen molar-refractivity contribution in [3.8, 4) is 5.75 Å². The van der Waals surface area contributed by atoms with Crippen LogP contribution in [0.15, 0.2) is 22.7 Å². The molecule has 1 aromatic carbocycles. The Balaban J connectivity index is 2.19. The highest BCUT2D eigenvalue weighted by Crippen LogP contribution is 2.21. The number of benzene rings is 1. The number of hydrogen-bond acceptors (Lipinski definition) is 2. The maximum Gasteiger partial charge on any atom is 0.119 e. The molecule has 1 N–H and O–H groups in total. The highest BCUT2D eigenvalue weighted by molar-refractivity contribution is 9.10. The van der Waals surface area contributed by atoms with Gasteiger partial charge in [-0.05, 0) is 56.6 Å². The molecule has 0 saturated carbocycles. The number of ether oxygens (including phenoxy) is 1. The van der Waals surface area contributed by atoms with Gasteiger partial charge in [-0.3, -0.25) is 0 Å². The predicted molar refractivity (Wildman–Crippen MR) is 72.2 cm³/mol. The third kappa shape index (κ3) is 4.99. The van der Waals surface area contributed by atoms with Crippen LogP contribution in [0.3, 0.4) is 0 Å². The van der Waals surface area contributed by atoms with Gasteiger partial charge in [0.05, 0.1) is 6.61 Å². The minimum absolute atomic E-state index is 0.798. The fourth-order valence-electron chi connectivity index (χ4n) is 1.43. The molecule has 3 heteroatoms. The molecule has 1 rings (SSSR count). The second-order valence-corrected chi connectivity index (χ2v) is 4.67. The Bertz CT molecular complexity index is 315. The fourth-order valence-corrected chi connectivity index (χ4v) is 1.67. The van der Waals surface area contributed by atoms with Crippen LogP contribution in [0.5, 0.6) is 5.75 Å². The molecule has 0 aliphatic rings. The Morgan fingerprint density at radius 3 is 2.81 bits per heavy atom. The summed E-state index contributed by atoms with van der Waals surface area (Å²) in [5, 5.41) is 3.30. The van der Waals surface area contributed by atoms with E-state index in [2.05, 4.69) is 41.2 Å². The minimum atomic E-state index is 0.798. The van der Waals surface area contributed by atoms with Crippen LogP contribution in [0.1, 0.15) is 25.3 Å². The van der Waals surface area contributed by atoms with Crippen molar-refractivity contribution >= 4 is 15.9 Å². The van der Waals surface area contributed by atoms with Crippen molar-refractivity contribution in [2.75, 3.05) is 19.7 Å². The lowest BCUT2D eigenvalue weighted by molar-refractivity contribution is 0.306. The van der Waals surface area contributed by atoms with Gasteiger partial charge in [-0.2, -0.15) is 0 Å². The highest BCUT2D eigenvalue weighted by atomic mass is 79.9. The Morgan fingerprint density at radius 2 is 2.12 bits per heavy atom. The Morgan fingerprint density at radius 1 is 1.31 bits per heavy atom. The molecule has 0 aliphatic heterocycles. The first-order chi connectivity index (χ1) is 7.74. The first-order valence-electron chi connectivity index (χ1n) is 5.83. The van der Waals surface area contributed by atoms with Crippen LogP contribution in [0.4, 0.5) is 0 Å². The summed E-state index contributed by atoms with van der Waals surface area (Å²) in [7, 11) is 0. The minimum Gasteiger partial charge on any atom is -0.494 e. The molecule has 0 aromatic heterocycles. The van der Waals surface area contributed by atoms with Gasteiger partial charge in [-0.25, -0.2) is 0 Å². The fraction of sp³-hybridized carbons (Fsp3) is 0.538. The van der Waals surface area contributed by atoms with Gasteiger partial charge in [0, 0.05) is 4.47 Å². The molecule has 0 spiro atoms. The van der Waals surface area contributed by atoms with Crippen molar-refractivity contribution in [2.45, 2.75) is 26.7 Å². The molecule has 0 bridgehead atoms. The quantitative estimate of drug-likeness (QED) is 0.774. The first-order valence-corrected chi connectivity index (χ1v) is 6.63. The SMILES string of the molecule is CCNCCCCOc1ccc(Br)c(C)c1. The molecule has 2 nitrogen and oxygen atoms in total. The lowest BCUT2D eigenvalue weighted by atomic mass is 10.2. The van der Waals surface area contributed by atoms with Crippen molar-refractivity contribution in [3.05, 3.63) is 28.2 Å². The van der Waals surface area contributed by atoms with Crippen LogP contribution in [0.2, 0.25) is 0 Å². The number of hydrogen-bond donors (Lipinski definition) is 1. The molecule has 0 amide bonds. The van der Waals surface area contributed by atoms with Gasteiger partial charge in [-0.1, -0.05) is 22.9 Å². The van der Waals surface area contributed by atoms with Crippen LogP contribution in [-0.4, -0.2) is 19.7 Å². The molecular formula is C13H20BrNO. The normalized spacial score (nSPS) is 10.4. The van der Waals surface area contributed by atoms with Crippen molar-refractivity contribution in [1.29, 1.82) is 0 Å².